The second-order valence-electron chi connectivity index (χ2n) is 9.19. The zero-order valence-electron chi connectivity index (χ0n) is 16.9. The molecule has 0 radical (unpaired) electrons. The summed E-state index contributed by atoms with van der Waals surface area (Å²) in [6.45, 7) is 0. The van der Waals surface area contributed by atoms with Crippen LogP contribution in [-0.2, 0) is 0 Å². The number of imide groups is 1. The minimum atomic E-state index is -0.716. The number of nitrogens with zero attached hydrogens (tertiary/aromatic N) is 2. The molecule has 156 valence electrons. The summed E-state index contributed by atoms with van der Waals surface area (Å²) in [6.07, 6.45) is -0.0318. The molecular formula is C25H18N4O3. The number of hydrogen-bond acceptors (Lipinski definition) is 4. The highest BCUT2D eigenvalue weighted by molar-refractivity contribution is 6.39. The van der Waals surface area contributed by atoms with E-state index in [2.05, 4.69) is 14.5 Å². The molecule has 1 fully saturated rings. The maximum Gasteiger partial charge on any atom is 0.259 e. The van der Waals surface area contributed by atoms with Crippen LogP contribution in [0.3, 0.4) is 0 Å². The first-order valence-electron chi connectivity index (χ1n) is 10.9. The normalized spacial score (nSPS) is 26.1. The molecule has 2 bridgehead atoms. The predicted octanol–water partition coefficient (Wildman–Crippen LogP) is 2.97. The van der Waals surface area contributed by atoms with E-state index in [1.54, 1.807) is 0 Å². The van der Waals surface area contributed by atoms with Gasteiger partial charge >= 0.3 is 0 Å². The molecule has 7 nitrogen and oxygen atoms in total. The standard InChI is InChI=1S/C25H18N4O3/c26-20-14-9-15(23(20)30)29-13-8-4-2-6-11(13)17-19-18(24(31)27-25(19)32)16-10-5-1-3-7-12(10)28(14)21(16)22(17)29/h1-8,14-15,20,23,30H,9,26H2,(H,27,31,32)/t14?,15?,20-,23-/m1/s1. The van der Waals surface area contributed by atoms with Crippen molar-refractivity contribution in [2.75, 3.05) is 0 Å². The van der Waals surface area contributed by atoms with E-state index < -0.39 is 12.1 Å². The molecule has 2 aromatic heterocycles. The van der Waals surface area contributed by atoms with Crippen molar-refractivity contribution in [1.29, 1.82) is 0 Å². The molecule has 7 heteroatoms. The van der Waals surface area contributed by atoms with Gasteiger partial charge in [0.25, 0.3) is 11.8 Å². The summed E-state index contributed by atoms with van der Waals surface area (Å²) in [5.41, 5.74) is 11.2. The van der Waals surface area contributed by atoms with E-state index in [9.17, 15) is 14.7 Å². The number of hydrogen-bond donors (Lipinski definition) is 3. The van der Waals surface area contributed by atoms with Gasteiger partial charge in [0.1, 0.15) is 0 Å². The summed E-state index contributed by atoms with van der Waals surface area (Å²) >= 11 is 0. The molecule has 5 aromatic rings. The highest BCUT2D eigenvalue weighted by Gasteiger charge is 2.48. The van der Waals surface area contributed by atoms with E-state index in [1.165, 1.54) is 0 Å². The van der Waals surface area contributed by atoms with Crippen LogP contribution in [0.5, 0.6) is 0 Å². The Morgan fingerprint density at radius 1 is 0.812 bits per heavy atom. The molecule has 2 amide bonds. The lowest BCUT2D eigenvalue weighted by molar-refractivity contribution is 0.0880. The number of amides is 2. The fourth-order valence-corrected chi connectivity index (χ4v) is 6.68. The Morgan fingerprint density at radius 3 is 1.88 bits per heavy atom. The number of benzene rings is 3. The summed E-state index contributed by atoms with van der Waals surface area (Å²) in [7, 11) is 0. The number of rotatable bonds is 0. The van der Waals surface area contributed by atoms with Gasteiger partial charge < -0.3 is 20.0 Å². The number of carbonyl (C=O) groups is 2. The van der Waals surface area contributed by atoms with Crippen molar-refractivity contribution in [1.82, 2.24) is 14.5 Å². The van der Waals surface area contributed by atoms with Crippen LogP contribution in [-0.4, -0.2) is 38.2 Å². The van der Waals surface area contributed by atoms with Crippen molar-refractivity contribution in [3.05, 3.63) is 59.7 Å². The van der Waals surface area contributed by atoms with E-state index in [1.807, 2.05) is 48.5 Å². The van der Waals surface area contributed by atoms with Crippen molar-refractivity contribution in [3.63, 3.8) is 0 Å². The Balaban J connectivity index is 1.80. The van der Waals surface area contributed by atoms with Gasteiger partial charge in [-0.05, 0) is 18.6 Å². The third-order valence-corrected chi connectivity index (χ3v) is 7.86. The largest absolute Gasteiger partial charge is 0.389 e. The third kappa shape index (κ3) is 1.61. The van der Waals surface area contributed by atoms with Crippen LogP contribution in [0.2, 0.25) is 0 Å². The number of nitrogens with two attached hydrogens (primary N) is 1. The second kappa shape index (κ2) is 5.20. The number of aliphatic hydroxyl groups excluding tert-OH is 1. The monoisotopic (exact) mass is 422 g/mol. The quantitative estimate of drug-likeness (QED) is 0.334. The number of aromatic nitrogens is 2. The number of carbonyl (C=O) groups excluding carboxylic acids is 2. The maximum atomic E-state index is 13.1. The van der Waals surface area contributed by atoms with Crippen molar-refractivity contribution >= 4 is 55.4 Å². The van der Waals surface area contributed by atoms with E-state index in [0.717, 1.165) is 43.6 Å². The number of nitrogens with one attached hydrogen (secondary N) is 1. The average Bonchev–Trinajstić information content (AvgIpc) is 3.45. The lowest BCUT2D eigenvalue weighted by atomic mass is 9.96. The number of para-hydroxylation sites is 2. The Morgan fingerprint density at radius 2 is 1.31 bits per heavy atom. The van der Waals surface area contributed by atoms with E-state index in [0.29, 0.717) is 17.5 Å². The van der Waals surface area contributed by atoms with Crippen LogP contribution < -0.4 is 11.1 Å². The van der Waals surface area contributed by atoms with Crippen LogP contribution in [0.25, 0.3) is 43.6 Å². The van der Waals surface area contributed by atoms with E-state index >= 15 is 0 Å². The number of fused-ring (bicyclic) bond motifs is 13. The Kier molecular flexibility index (Phi) is 2.75. The summed E-state index contributed by atoms with van der Waals surface area (Å²) in [5.74, 6) is -0.719. The molecule has 8 rings (SSSR count). The smallest absolute Gasteiger partial charge is 0.259 e. The van der Waals surface area contributed by atoms with Crippen LogP contribution >= 0.6 is 0 Å². The zero-order valence-corrected chi connectivity index (χ0v) is 16.9. The molecule has 1 saturated carbocycles. The molecule has 2 aliphatic heterocycles. The van der Waals surface area contributed by atoms with Crippen LogP contribution in [0.1, 0.15) is 39.2 Å². The third-order valence-electron chi connectivity index (χ3n) is 7.86. The lowest BCUT2D eigenvalue weighted by Crippen LogP contribution is -2.39. The topological polar surface area (TPSA) is 102 Å². The van der Waals surface area contributed by atoms with Crippen molar-refractivity contribution in [3.8, 4) is 0 Å². The van der Waals surface area contributed by atoms with Crippen LogP contribution in [0.15, 0.2) is 48.5 Å². The van der Waals surface area contributed by atoms with Gasteiger partial charge in [0, 0.05) is 32.6 Å². The average molecular weight is 422 g/mol. The number of aliphatic hydroxyl groups is 1. The highest BCUT2D eigenvalue weighted by atomic mass is 16.3. The van der Waals surface area contributed by atoms with Gasteiger partial charge in [0.05, 0.1) is 46.4 Å². The van der Waals surface area contributed by atoms with Gasteiger partial charge in [-0.2, -0.15) is 0 Å². The molecule has 1 aliphatic carbocycles. The first-order valence-corrected chi connectivity index (χ1v) is 10.9. The molecule has 2 unspecified atom stereocenters. The first-order chi connectivity index (χ1) is 15.6. The van der Waals surface area contributed by atoms with Crippen molar-refractivity contribution < 1.29 is 14.7 Å². The zero-order chi connectivity index (χ0) is 21.5. The summed E-state index contributed by atoms with van der Waals surface area (Å²) < 4.78 is 4.40. The van der Waals surface area contributed by atoms with Crippen LogP contribution in [0, 0.1) is 0 Å². The molecule has 32 heavy (non-hydrogen) atoms. The molecule has 4 N–H and O–H groups in total. The molecule has 0 saturated heterocycles. The highest BCUT2D eigenvalue weighted by Crippen LogP contribution is 2.53. The van der Waals surface area contributed by atoms with Gasteiger partial charge in [-0.25, -0.2) is 0 Å². The Bertz CT molecular complexity index is 1600. The SMILES string of the molecule is N[C@@H]1C2CC([C@H]1O)n1c3ccccc3c3c4c(c5c6ccccc6n2c5c31)C(=O)NC4=O. The fraction of sp³-hybridized carbons (Fsp3) is 0.200. The minimum Gasteiger partial charge on any atom is -0.389 e. The van der Waals surface area contributed by atoms with Gasteiger partial charge in [0.2, 0.25) is 0 Å². The van der Waals surface area contributed by atoms with E-state index in [4.69, 9.17) is 5.73 Å². The Hall–Kier alpha value is -3.68. The minimum absolute atomic E-state index is 0.113. The van der Waals surface area contributed by atoms with Gasteiger partial charge in [-0.15, -0.1) is 0 Å². The second-order valence-corrected chi connectivity index (χ2v) is 9.19. The van der Waals surface area contributed by atoms with E-state index in [-0.39, 0.29) is 23.9 Å². The summed E-state index contributed by atoms with van der Waals surface area (Å²) in [6, 6.07) is 15.1. The van der Waals surface area contributed by atoms with Gasteiger partial charge in [-0.3, -0.25) is 14.9 Å². The molecule has 0 spiro atoms. The molecule has 3 aromatic carbocycles. The predicted molar refractivity (Wildman–Crippen MR) is 121 cm³/mol. The summed E-state index contributed by atoms with van der Waals surface area (Å²) in [4.78, 5) is 26.2. The molecule has 3 aliphatic rings. The summed E-state index contributed by atoms with van der Waals surface area (Å²) in [5, 5.41) is 17.2. The van der Waals surface area contributed by atoms with Gasteiger partial charge in [0.15, 0.2) is 0 Å². The van der Waals surface area contributed by atoms with Crippen LogP contribution in [0.4, 0.5) is 0 Å². The first kappa shape index (κ1) is 16.9. The van der Waals surface area contributed by atoms with Crippen molar-refractivity contribution in [2.24, 2.45) is 5.73 Å². The molecule has 4 heterocycles. The molecule has 4 atom stereocenters. The lowest BCUT2D eigenvalue weighted by Gasteiger charge is -2.25. The maximum absolute atomic E-state index is 13.1. The Labute approximate surface area is 181 Å². The van der Waals surface area contributed by atoms with Gasteiger partial charge in [-0.1, -0.05) is 36.4 Å². The van der Waals surface area contributed by atoms with Crippen molar-refractivity contribution in [2.45, 2.75) is 30.7 Å². The molecular weight excluding hydrogens is 404 g/mol. The fourth-order valence-electron chi connectivity index (χ4n) is 6.68.